The van der Waals surface area contributed by atoms with Crippen molar-refractivity contribution in [3.05, 3.63) is 65.2 Å². The molecule has 3 atom stereocenters. The summed E-state index contributed by atoms with van der Waals surface area (Å²) in [6.07, 6.45) is 2.60. The fraction of sp³-hybridized carbons (Fsp3) is 0.429. The Morgan fingerprint density at radius 2 is 1.74 bits per heavy atom. The molecule has 1 fully saturated rings. The first-order chi connectivity index (χ1) is 11.3. The number of hydrogen-bond acceptors (Lipinski definition) is 2. The summed E-state index contributed by atoms with van der Waals surface area (Å²) in [6, 6.07) is 17.8. The van der Waals surface area contributed by atoms with E-state index in [1.165, 1.54) is 37.1 Å². The molecule has 0 bridgehead atoms. The van der Waals surface area contributed by atoms with Crippen molar-refractivity contribution in [3.8, 4) is 5.75 Å². The second-order valence-corrected chi connectivity index (χ2v) is 7.11. The van der Waals surface area contributed by atoms with Gasteiger partial charge < -0.3 is 9.64 Å². The third-order valence-electron chi connectivity index (χ3n) is 5.79. The van der Waals surface area contributed by atoms with Gasteiger partial charge in [-0.25, -0.2) is 0 Å². The lowest BCUT2D eigenvalue weighted by Crippen LogP contribution is -2.40. The van der Waals surface area contributed by atoms with E-state index in [0.29, 0.717) is 11.8 Å². The lowest BCUT2D eigenvalue weighted by molar-refractivity contribution is 0.169. The summed E-state index contributed by atoms with van der Waals surface area (Å²) in [5.74, 6) is 2.99. The Labute approximate surface area is 139 Å². The van der Waals surface area contributed by atoms with E-state index in [4.69, 9.17) is 4.74 Å². The maximum atomic E-state index is 5.32. The monoisotopic (exact) mass is 307 g/mol. The fourth-order valence-corrected chi connectivity index (χ4v) is 4.55. The van der Waals surface area contributed by atoms with Gasteiger partial charge in [-0.1, -0.05) is 36.4 Å². The minimum atomic E-state index is 0.529. The van der Waals surface area contributed by atoms with Crippen LogP contribution >= 0.6 is 0 Å². The quantitative estimate of drug-likeness (QED) is 0.821. The van der Waals surface area contributed by atoms with E-state index < -0.39 is 0 Å². The number of likely N-dealkylation sites (N-methyl/N-ethyl adjacent to an activating group) is 1. The van der Waals surface area contributed by atoms with Gasteiger partial charge in [0.15, 0.2) is 0 Å². The van der Waals surface area contributed by atoms with Crippen molar-refractivity contribution in [3.63, 3.8) is 0 Å². The minimum Gasteiger partial charge on any atom is -0.497 e. The van der Waals surface area contributed by atoms with Gasteiger partial charge in [-0.05, 0) is 67.1 Å². The van der Waals surface area contributed by atoms with Crippen molar-refractivity contribution < 1.29 is 4.74 Å². The van der Waals surface area contributed by atoms with Gasteiger partial charge in [0.05, 0.1) is 7.11 Å². The van der Waals surface area contributed by atoms with E-state index in [2.05, 4.69) is 60.5 Å². The van der Waals surface area contributed by atoms with Crippen molar-refractivity contribution >= 4 is 0 Å². The number of methoxy groups -OCH3 is 1. The number of ether oxygens (including phenoxy) is 1. The lowest BCUT2D eigenvalue weighted by atomic mass is 9.66. The van der Waals surface area contributed by atoms with E-state index in [1.807, 2.05) is 0 Å². The lowest BCUT2D eigenvalue weighted by Gasteiger charge is -2.44. The first-order valence-electron chi connectivity index (χ1n) is 8.67. The number of nitrogens with zero attached hydrogens (tertiary/aromatic N) is 1. The number of piperidine rings is 1. The van der Waals surface area contributed by atoms with Crippen molar-refractivity contribution in [2.75, 3.05) is 27.2 Å². The van der Waals surface area contributed by atoms with E-state index in [1.54, 1.807) is 12.7 Å². The SMILES string of the molecule is COc1ccc(C2CC3CCN(C)CC3c3ccccc32)cc1. The molecule has 4 rings (SSSR count). The molecule has 0 aromatic heterocycles. The molecular formula is C21H25NO. The molecule has 2 aromatic rings. The Hall–Kier alpha value is -1.80. The van der Waals surface area contributed by atoms with Gasteiger partial charge in [-0.3, -0.25) is 0 Å². The molecule has 3 unspecified atom stereocenters. The minimum absolute atomic E-state index is 0.529. The van der Waals surface area contributed by atoms with Crippen LogP contribution in [0.1, 0.15) is 41.4 Å². The predicted octanol–water partition coefficient (Wildman–Crippen LogP) is 4.27. The van der Waals surface area contributed by atoms with Crippen molar-refractivity contribution in [1.29, 1.82) is 0 Å². The van der Waals surface area contributed by atoms with E-state index >= 15 is 0 Å². The van der Waals surface area contributed by atoms with Crippen LogP contribution in [0, 0.1) is 5.92 Å². The number of fused-ring (bicyclic) bond motifs is 3. The molecule has 2 nitrogen and oxygen atoms in total. The Morgan fingerprint density at radius 1 is 1.00 bits per heavy atom. The molecule has 2 heteroatoms. The van der Waals surface area contributed by atoms with Gasteiger partial charge in [0.2, 0.25) is 0 Å². The molecule has 0 radical (unpaired) electrons. The van der Waals surface area contributed by atoms with Crippen LogP contribution in [0.25, 0.3) is 0 Å². The summed E-state index contributed by atoms with van der Waals surface area (Å²) in [5.41, 5.74) is 4.54. The van der Waals surface area contributed by atoms with Gasteiger partial charge in [0, 0.05) is 12.5 Å². The summed E-state index contributed by atoms with van der Waals surface area (Å²) in [5, 5.41) is 0. The van der Waals surface area contributed by atoms with Crippen molar-refractivity contribution in [2.45, 2.75) is 24.7 Å². The van der Waals surface area contributed by atoms with Crippen LogP contribution in [0.3, 0.4) is 0 Å². The molecule has 1 aliphatic carbocycles. The average molecular weight is 307 g/mol. The second-order valence-electron chi connectivity index (χ2n) is 7.11. The molecule has 1 saturated heterocycles. The van der Waals surface area contributed by atoms with Crippen LogP contribution in [-0.2, 0) is 0 Å². The summed E-state index contributed by atoms with van der Waals surface area (Å²) in [4.78, 5) is 2.49. The second kappa shape index (κ2) is 6.01. The van der Waals surface area contributed by atoms with Crippen LogP contribution < -0.4 is 4.74 Å². The Balaban J connectivity index is 1.74. The van der Waals surface area contributed by atoms with Gasteiger partial charge in [0.1, 0.15) is 5.75 Å². The number of hydrogen-bond donors (Lipinski definition) is 0. The largest absolute Gasteiger partial charge is 0.497 e. The number of likely N-dealkylation sites (tertiary alicyclic amines) is 1. The first-order valence-corrected chi connectivity index (χ1v) is 8.67. The third kappa shape index (κ3) is 2.66. The predicted molar refractivity (Wildman–Crippen MR) is 94.2 cm³/mol. The highest BCUT2D eigenvalue weighted by Gasteiger charge is 2.37. The molecule has 1 aliphatic heterocycles. The Morgan fingerprint density at radius 3 is 2.48 bits per heavy atom. The molecule has 23 heavy (non-hydrogen) atoms. The summed E-state index contributed by atoms with van der Waals surface area (Å²) < 4.78 is 5.32. The van der Waals surface area contributed by atoms with Crippen LogP contribution in [-0.4, -0.2) is 32.1 Å². The molecule has 0 amide bonds. The van der Waals surface area contributed by atoms with E-state index in [-0.39, 0.29) is 0 Å². The van der Waals surface area contributed by atoms with Crippen LogP contribution in [0.2, 0.25) is 0 Å². The zero-order valence-corrected chi connectivity index (χ0v) is 14.0. The van der Waals surface area contributed by atoms with Gasteiger partial charge in [-0.2, -0.15) is 0 Å². The molecule has 2 aliphatic rings. The van der Waals surface area contributed by atoms with Crippen molar-refractivity contribution in [1.82, 2.24) is 4.90 Å². The van der Waals surface area contributed by atoms with E-state index in [9.17, 15) is 0 Å². The molecule has 0 spiro atoms. The molecule has 120 valence electrons. The van der Waals surface area contributed by atoms with Gasteiger partial charge in [0.25, 0.3) is 0 Å². The molecular weight excluding hydrogens is 282 g/mol. The Bertz CT molecular complexity index is 678. The number of benzene rings is 2. The maximum Gasteiger partial charge on any atom is 0.118 e. The number of rotatable bonds is 2. The molecule has 0 N–H and O–H groups in total. The highest BCUT2D eigenvalue weighted by Crippen LogP contribution is 2.48. The summed E-state index contributed by atoms with van der Waals surface area (Å²) >= 11 is 0. The normalized spacial score (nSPS) is 27.1. The van der Waals surface area contributed by atoms with Gasteiger partial charge in [-0.15, -0.1) is 0 Å². The highest BCUT2D eigenvalue weighted by molar-refractivity contribution is 5.44. The topological polar surface area (TPSA) is 12.5 Å². The molecule has 0 saturated carbocycles. The van der Waals surface area contributed by atoms with Crippen LogP contribution in [0.15, 0.2) is 48.5 Å². The zero-order chi connectivity index (χ0) is 15.8. The van der Waals surface area contributed by atoms with Crippen molar-refractivity contribution in [2.24, 2.45) is 5.92 Å². The Kier molecular flexibility index (Phi) is 3.86. The molecule has 2 aromatic carbocycles. The fourth-order valence-electron chi connectivity index (χ4n) is 4.55. The summed E-state index contributed by atoms with van der Waals surface area (Å²) in [7, 11) is 3.99. The standard InChI is InChI=1S/C21H25NO/c1-22-12-11-16-13-20(15-7-9-17(23-2)10-8-15)18-5-3-4-6-19(18)21(16)14-22/h3-10,16,20-21H,11-14H2,1-2H3. The average Bonchev–Trinajstić information content (AvgIpc) is 2.61. The molecule has 1 heterocycles. The highest BCUT2D eigenvalue weighted by atomic mass is 16.5. The maximum absolute atomic E-state index is 5.32. The summed E-state index contributed by atoms with van der Waals surface area (Å²) in [6.45, 7) is 2.44. The van der Waals surface area contributed by atoms with Gasteiger partial charge >= 0.3 is 0 Å². The smallest absolute Gasteiger partial charge is 0.118 e. The van der Waals surface area contributed by atoms with Crippen LogP contribution in [0.5, 0.6) is 5.75 Å². The third-order valence-corrected chi connectivity index (χ3v) is 5.79. The first kappa shape index (κ1) is 14.8. The zero-order valence-electron chi connectivity index (χ0n) is 14.0. The van der Waals surface area contributed by atoms with E-state index in [0.717, 1.165) is 11.7 Å². The van der Waals surface area contributed by atoms with Crippen LogP contribution in [0.4, 0.5) is 0 Å².